The van der Waals surface area contributed by atoms with Gasteiger partial charge in [-0.05, 0) is 49.6 Å². The van der Waals surface area contributed by atoms with Crippen molar-refractivity contribution in [2.24, 2.45) is 0 Å². The molecular formula is C16H17ClO3S. The van der Waals surface area contributed by atoms with E-state index in [0.717, 1.165) is 17.5 Å². The summed E-state index contributed by atoms with van der Waals surface area (Å²) in [6, 6.07) is 14.1. The van der Waals surface area contributed by atoms with E-state index in [2.05, 4.69) is 0 Å². The average molecular weight is 325 g/mol. The lowest BCUT2D eigenvalue weighted by molar-refractivity contribution is 0.312. The van der Waals surface area contributed by atoms with Crippen LogP contribution in [0.1, 0.15) is 17.5 Å². The molecule has 3 nitrogen and oxygen atoms in total. The molecule has 0 amide bonds. The molecule has 0 aliphatic rings. The van der Waals surface area contributed by atoms with Crippen LogP contribution < -0.4 is 0 Å². The monoisotopic (exact) mass is 324 g/mol. The minimum absolute atomic E-state index is 0.155. The molecule has 0 spiro atoms. The van der Waals surface area contributed by atoms with Gasteiger partial charge in [0.15, 0.2) is 0 Å². The highest BCUT2D eigenvalue weighted by molar-refractivity contribution is 7.86. The topological polar surface area (TPSA) is 43.4 Å². The second kappa shape index (κ2) is 7.07. The summed E-state index contributed by atoms with van der Waals surface area (Å²) >= 11 is 5.90. The van der Waals surface area contributed by atoms with E-state index in [4.69, 9.17) is 15.8 Å². The smallest absolute Gasteiger partial charge is 0.266 e. The van der Waals surface area contributed by atoms with E-state index in [1.54, 1.807) is 24.3 Å². The van der Waals surface area contributed by atoms with Gasteiger partial charge in [0.2, 0.25) is 0 Å². The molecule has 0 aliphatic heterocycles. The Balaban J connectivity index is 1.86. The number of benzene rings is 2. The van der Waals surface area contributed by atoms with Crippen molar-refractivity contribution < 1.29 is 12.6 Å². The standard InChI is InChI=1S/C16H17ClO3S/c1-13-7-9-16(10-8-13)21(18,19)20-11-3-5-14-4-2-6-15(17)12-14/h2,4,6-10,12H,3,5,11H2,1H3. The van der Waals surface area contributed by atoms with E-state index in [0.29, 0.717) is 11.4 Å². The van der Waals surface area contributed by atoms with Gasteiger partial charge in [-0.25, -0.2) is 0 Å². The van der Waals surface area contributed by atoms with Crippen molar-refractivity contribution in [1.82, 2.24) is 0 Å². The SMILES string of the molecule is Cc1ccc(S(=O)(=O)OCCCc2cccc(Cl)c2)cc1. The molecule has 2 rings (SSSR count). The van der Waals surface area contributed by atoms with Gasteiger partial charge in [0.1, 0.15) is 0 Å². The highest BCUT2D eigenvalue weighted by Gasteiger charge is 2.14. The van der Waals surface area contributed by atoms with Crippen molar-refractivity contribution in [2.75, 3.05) is 6.61 Å². The number of rotatable bonds is 6. The molecule has 0 bridgehead atoms. The first kappa shape index (κ1) is 16.0. The van der Waals surface area contributed by atoms with Crippen LogP contribution in [0.15, 0.2) is 53.4 Å². The molecule has 2 aromatic rings. The number of hydrogen-bond donors (Lipinski definition) is 0. The van der Waals surface area contributed by atoms with Gasteiger partial charge in [0, 0.05) is 5.02 Å². The predicted molar refractivity (Wildman–Crippen MR) is 84.1 cm³/mol. The molecule has 0 N–H and O–H groups in total. The minimum Gasteiger partial charge on any atom is -0.266 e. The lowest BCUT2D eigenvalue weighted by Gasteiger charge is -2.06. The lowest BCUT2D eigenvalue weighted by Crippen LogP contribution is -2.08. The first-order valence-corrected chi connectivity index (χ1v) is 8.46. The van der Waals surface area contributed by atoms with Crippen LogP contribution in [0.4, 0.5) is 0 Å². The van der Waals surface area contributed by atoms with Crippen molar-refractivity contribution in [3.8, 4) is 0 Å². The molecule has 0 saturated heterocycles. The zero-order valence-corrected chi connectivity index (χ0v) is 13.3. The van der Waals surface area contributed by atoms with Gasteiger partial charge in [-0.1, -0.05) is 41.4 Å². The lowest BCUT2D eigenvalue weighted by atomic mass is 10.1. The molecular weight excluding hydrogens is 308 g/mol. The fourth-order valence-electron chi connectivity index (χ4n) is 1.91. The fourth-order valence-corrected chi connectivity index (χ4v) is 3.07. The van der Waals surface area contributed by atoms with Crippen LogP contribution in [-0.4, -0.2) is 15.0 Å². The van der Waals surface area contributed by atoms with Gasteiger partial charge in [-0.15, -0.1) is 0 Å². The highest BCUT2D eigenvalue weighted by Crippen LogP contribution is 2.15. The maximum atomic E-state index is 12.0. The first-order valence-electron chi connectivity index (χ1n) is 6.68. The Morgan fingerprint density at radius 3 is 2.48 bits per heavy atom. The molecule has 0 aromatic heterocycles. The average Bonchev–Trinajstić information content (AvgIpc) is 2.44. The van der Waals surface area contributed by atoms with E-state index in [1.807, 2.05) is 31.2 Å². The quantitative estimate of drug-likeness (QED) is 0.596. The summed E-state index contributed by atoms with van der Waals surface area (Å²) in [5.74, 6) is 0. The molecule has 21 heavy (non-hydrogen) atoms. The number of hydrogen-bond acceptors (Lipinski definition) is 3. The van der Waals surface area contributed by atoms with Crippen molar-refractivity contribution in [3.05, 3.63) is 64.7 Å². The van der Waals surface area contributed by atoms with Crippen molar-refractivity contribution in [1.29, 1.82) is 0 Å². The Hall–Kier alpha value is -1.36. The molecule has 0 heterocycles. The van der Waals surface area contributed by atoms with Crippen molar-refractivity contribution >= 4 is 21.7 Å². The molecule has 0 radical (unpaired) electrons. The van der Waals surface area contributed by atoms with E-state index in [9.17, 15) is 8.42 Å². The van der Waals surface area contributed by atoms with E-state index < -0.39 is 10.1 Å². The minimum atomic E-state index is -3.67. The molecule has 112 valence electrons. The second-order valence-electron chi connectivity index (χ2n) is 4.82. The van der Waals surface area contributed by atoms with Crippen LogP contribution in [0, 0.1) is 6.92 Å². The molecule has 2 aromatic carbocycles. The highest BCUT2D eigenvalue weighted by atomic mass is 35.5. The van der Waals surface area contributed by atoms with Crippen LogP contribution in [-0.2, 0) is 20.7 Å². The van der Waals surface area contributed by atoms with E-state index >= 15 is 0 Å². The Morgan fingerprint density at radius 1 is 1.10 bits per heavy atom. The van der Waals surface area contributed by atoms with Crippen molar-refractivity contribution in [2.45, 2.75) is 24.7 Å². The van der Waals surface area contributed by atoms with E-state index in [1.165, 1.54) is 0 Å². The zero-order valence-electron chi connectivity index (χ0n) is 11.8. The molecule has 5 heteroatoms. The molecule has 0 unspecified atom stereocenters. The first-order chi connectivity index (χ1) is 9.97. The van der Waals surface area contributed by atoms with Crippen LogP contribution in [0.3, 0.4) is 0 Å². The largest absolute Gasteiger partial charge is 0.296 e. The predicted octanol–water partition coefficient (Wildman–Crippen LogP) is 3.99. The summed E-state index contributed by atoms with van der Waals surface area (Å²) in [7, 11) is -3.67. The Bertz CT molecular complexity index is 694. The Labute approximate surface area is 130 Å². The van der Waals surface area contributed by atoms with Crippen LogP contribution in [0.2, 0.25) is 5.02 Å². The van der Waals surface area contributed by atoms with E-state index in [-0.39, 0.29) is 11.5 Å². The van der Waals surface area contributed by atoms with Gasteiger partial charge in [-0.2, -0.15) is 8.42 Å². The summed E-state index contributed by atoms with van der Waals surface area (Å²) in [6.45, 7) is 2.06. The number of halogens is 1. The van der Waals surface area contributed by atoms with Crippen molar-refractivity contribution in [3.63, 3.8) is 0 Å². The fraction of sp³-hybridized carbons (Fsp3) is 0.250. The van der Waals surface area contributed by atoms with Crippen LogP contribution >= 0.6 is 11.6 Å². The van der Waals surface area contributed by atoms with Gasteiger partial charge in [0.05, 0.1) is 11.5 Å². The third-order valence-corrected chi connectivity index (χ3v) is 4.61. The maximum absolute atomic E-state index is 12.0. The third kappa shape index (κ3) is 4.84. The Kier molecular flexibility index (Phi) is 5.39. The third-order valence-electron chi connectivity index (χ3n) is 3.05. The maximum Gasteiger partial charge on any atom is 0.296 e. The normalized spacial score (nSPS) is 11.5. The second-order valence-corrected chi connectivity index (χ2v) is 6.87. The van der Waals surface area contributed by atoms with Gasteiger partial charge in [0.25, 0.3) is 10.1 Å². The summed E-state index contributed by atoms with van der Waals surface area (Å²) in [5, 5.41) is 0.681. The molecule has 0 aliphatic carbocycles. The summed E-state index contributed by atoms with van der Waals surface area (Å²) in [6.07, 6.45) is 1.34. The number of aryl methyl sites for hydroxylation is 2. The summed E-state index contributed by atoms with van der Waals surface area (Å²) < 4.78 is 29.0. The van der Waals surface area contributed by atoms with Gasteiger partial charge < -0.3 is 0 Å². The molecule has 0 saturated carbocycles. The summed E-state index contributed by atoms with van der Waals surface area (Å²) in [4.78, 5) is 0.191. The van der Waals surface area contributed by atoms with Crippen LogP contribution in [0.25, 0.3) is 0 Å². The molecule has 0 fully saturated rings. The van der Waals surface area contributed by atoms with Gasteiger partial charge in [-0.3, -0.25) is 4.18 Å². The zero-order chi connectivity index (χ0) is 15.3. The summed E-state index contributed by atoms with van der Waals surface area (Å²) in [5.41, 5.74) is 2.08. The van der Waals surface area contributed by atoms with Gasteiger partial charge >= 0.3 is 0 Å². The van der Waals surface area contributed by atoms with Crippen LogP contribution in [0.5, 0.6) is 0 Å². The molecule has 0 atom stereocenters. The Morgan fingerprint density at radius 2 is 1.81 bits per heavy atom.